The number of nitrogens with two attached hydrogens (primary N) is 1. The Labute approximate surface area is 130 Å². The summed E-state index contributed by atoms with van der Waals surface area (Å²) >= 11 is 1.79. The first kappa shape index (κ1) is 14.6. The monoisotopic (exact) mass is 302 g/mol. The van der Waals surface area contributed by atoms with Crippen molar-refractivity contribution >= 4 is 11.3 Å². The van der Waals surface area contributed by atoms with E-state index >= 15 is 0 Å². The summed E-state index contributed by atoms with van der Waals surface area (Å²) in [5, 5.41) is 5.83. The van der Waals surface area contributed by atoms with E-state index in [1.807, 2.05) is 6.07 Å². The van der Waals surface area contributed by atoms with E-state index in [2.05, 4.69) is 35.0 Å². The number of thiophene rings is 1. The normalized spacial score (nSPS) is 21.0. The van der Waals surface area contributed by atoms with E-state index in [0.29, 0.717) is 6.54 Å². The van der Waals surface area contributed by atoms with Gasteiger partial charge in [-0.25, -0.2) is 0 Å². The highest BCUT2D eigenvalue weighted by Gasteiger charge is 2.32. The Morgan fingerprint density at radius 3 is 2.95 bits per heavy atom. The van der Waals surface area contributed by atoms with Crippen molar-refractivity contribution in [1.29, 1.82) is 0 Å². The molecular weight excluding hydrogens is 280 g/mol. The van der Waals surface area contributed by atoms with Gasteiger partial charge in [0.1, 0.15) is 5.75 Å². The summed E-state index contributed by atoms with van der Waals surface area (Å²) in [5.74, 6) is 0.930. The molecule has 1 aromatic carbocycles. The Morgan fingerprint density at radius 1 is 1.33 bits per heavy atom. The van der Waals surface area contributed by atoms with E-state index in [9.17, 15) is 0 Å². The molecule has 3 nitrogen and oxygen atoms in total. The van der Waals surface area contributed by atoms with Crippen molar-refractivity contribution in [3.05, 3.63) is 51.7 Å². The number of fused-ring (bicyclic) bond motifs is 1. The minimum atomic E-state index is 0.00333. The van der Waals surface area contributed by atoms with Gasteiger partial charge in [-0.05, 0) is 54.0 Å². The number of methoxy groups -OCH3 is 1. The molecule has 112 valence electrons. The molecule has 0 bridgehead atoms. The fourth-order valence-electron chi connectivity index (χ4n) is 3.05. The maximum absolute atomic E-state index is 6.12. The lowest BCUT2D eigenvalue weighted by Gasteiger charge is -2.38. The molecule has 1 aliphatic rings. The maximum Gasteiger partial charge on any atom is 0.119 e. The molecule has 0 aliphatic heterocycles. The molecule has 3 N–H and O–H groups in total. The Hall–Kier alpha value is -1.36. The minimum Gasteiger partial charge on any atom is -0.497 e. The molecule has 0 saturated heterocycles. The van der Waals surface area contributed by atoms with E-state index in [-0.39, 0.29) is 5.54 Å². The van der Waals surface area contributed by atoms with Crippen LogP contribution in [0.25, 0.3) is 0 Å². The SMILES string of the molecule is COc1ccc2c(c1)CC(CN)(NCc1cccs1)CC2. The number of aryl methyl sites for hydroxylation is 1. The number of hydrogen-bond acceptors (Lipinski definition) is 4. The van der Waals surface area contributed by atoms with Crippen molar-refractivity contribution in [3.8, 4) is 5.75 Å². The topological polar surface area (TPSA) is 47.3 Å². The van der Waals surface area contributed by atoms with Crippen LogP contribution >= 0.6 is 11.3 Å². The van der Waals surface area contributed by atoms with Crippen LogP contribution in [0.15, 0.2) is 35.7 Å². The largest absolute Gasteiger partial charge is 0.497 e. The molecule has 2 aromatic rings. The number of nitrogens with one attached hydrogen (secondary N) is 1. The predicted octanol–water partition coefficient (Wildman–Crippen LogP) is 2.73. The van der Waals surface area contributed by atoms with Crippen molar-refractivity contribution in [2.45, 2.75) is 31.3 Å². The van der Waals surface area contributed by atoms with Crippen LogP contribution in [0.4, 0.5) is 0 Å². The van der Waals surface area contributed by atoms with Crippen LogP contribution < -0.4 is 15.8 Å². The third-order valence-corrected chi connectivity index (χ3v) is 5.30. The summed E-state index contributed by atoms with van der Waals surface area (Å²) in [6.45, 7) is 1.56. The van der Waals surface area contributed by atoms with Gasteiger partial charge in [-0.1, -0.05) is 12.1 Å². The van der Waals surface area contributed by atoms with Gasteiger partial charge in [0, 0.05) is 23.5 Å². The van der Waals surface area contributed by atoms with E-state index in [0.717, 1.165) is 31.6 Å². The molecule has 1 atom stereocenters. The number of benzene rings is 1. The molecule has 1 heterocycles. The zero-order valence-electron chi connectivity index (χ0n) is 12.4. The molecule has 21 heavy (non-hydrogen) atoms. The van der Waals surface area contributed by atoms with Crippen LogP contribution in [0.2, 0.25) is 0 Å². The highest BCUT2D eigenvalue weighted by Crippen LogP contribution is 2.31. The van der Waals surface area contributed by atoms with Gasteiger partial charge in [-0.2, -0.15) is 0 Å². The molecule has 4 heteroatoms. The summed E-state index contributed by atoms with van der Waals surface area (Å²) in [7, 11) is 1.72. The Morgan fingerprint density at radius 2 is 2.24 bits per heavy atom. The van der Waals surface area contributed by atoms with Crippen LogP contribution in [-0.4, -0.2) is 19.2 Å². The molecule has 0 amide bonds. The standard InChI is InChI=1S/C17H22N2OS/c1-20-15-5-4-13-6-7-17(12-18,10-14(13)9-15)19-11-16-3-2-8-21-16/h2-5,8-9,19H,6-7,10-12,18H2,1H3. The molecule has 3 rings (SSSR count). The van der Waals surface area contributed by atoms with Gasteiger partial charge in [0.2, 0.25) is 0 Å². The van der Waals surface area contributed by atoms with Crippen molar-refractivity contribution in [3.63, 3.8) is 0 Å². The van der Waals surface area contributed by atoms with Crippen LogP contribution in [0, 0.1) is 0 Å². The molecule has 0 fully saturated rings. The van der Waals surface area contributed by atoms with E-state index in [1.165, 1.54) is 16.0 Å². The Bertz CT molecular complexity index is 597. The first-order chi connectivity index (χ1) is 10.2. The van der Waals surface area contributed by atoms with Crippen molar-refractivity contribution < 1.29 is 4.74 Å². The fraction of sp³-hybridized carbons (Fsp3) is 0.412. The average Bonchev–Trinajstić information content (AvgIpc) is 3.05. The van der Waals surface area contributed by atoms with Crippen molar-refractivity contribution in [1.82, 2.24) is 5.32 Å². The van der Waals surface area contributed by atoms with Crippen LogP contribution in [0.3, 0.4) is 0 Å². The molecule has 0 radical (unpaired) electrons. The lowest BCUT2D eigenvalue weighted by molar-refractivity contribution is 0.291. The van der Waals surface area contributed by atoms with Crippen molar-refractivity contribution in [2.75, 3.05) is 13.7 Å². The van der Waals surface area contributed by atoms with Crippen LogP contribution in [-0.2, 0) is 19.4 Å². The van der Waals surface area contributed by atoms with Gasteiger partial charge >= 0.3 is 0 Å². The number of rotatable bonds is 5. The summed E-state index contributed by atoms with van der Waals surface area (Å²) in [4.78, 5) is 1.36. The third-order valence-electron chi connectivity index (χ3n) is 4.42. The Kier molecular flexibility index (Phi) is 4.29. The van der Waals surface area contributed by atoms with E-state index < -0.39 is 0 Å². The lowest BCUT2D eigenvalue weighted by Crippen LogP contribution is -2.54. The van der Waals surface area contributed by atoms with E-state index in [1.54, 1.807) is 18.4 Å². The molecule has 1 unspecified atom stereocenters. The number of ether oxygens (including phenoxy) is 1. The van der Waals surface area contributed by atoms with Crippen LogP contribution in [0.5, 0.6) is 5.75 Å². The fourth-order valence-corrected chi connectivity index (χ4v) is 3.69. The number of hydrogen-bond donors (Lipinski definition) is 2. The molecule has 0 spiro atoms. The quantitative estimate of drug-likeness (QED) is 0.893. The summed E-state index contributed by atoms with van der Waals surface area (Å²) in [6, 6.07) is 10.7. The zero-order valence-corrected chi connectivity index (χ0v) is 13.2. The van der Waals surface area contributed by atoms with Crippen LogP contribution in [0.1, 0.15) is 22.4 Å². The third kappa shape index (κ3) is 3.12. The van der Waals surface area contributed by atoms with Gasteiger partial charge < -0.3 is 15.8 Å². The van der Waals surface area contributed by atoms with Crippen molar-refractivity contribution in [2.24, 2.45) is 5.73 Å². The zero-order chi connectivity index (χ0) is 14.7. The highest BCUT2D eigenvalue weighted by atomic mass is 32.1. The first-order valence-electron chi connectivity index (χ1n) is 7.38. The Balaban J connectivity index is 1.77. The first-order valence-corrected chi connectivity index (χ1v) is 8.26. The molecule has 0 saturated carbocycles. The molecule has 1 aliphatic carbocycles. The molecule has 1 aromatic heterocycles. The van der Waals surface area contributed by atoms with Gasteiger partial charge in [-0.15, -0.1) is 11.3 Å². The lowest BCUT2D eigenvalue weighted by atomic mass is 9.78. The van der Waals surface area contributed by atoms with Gasteiger partial charge in [0.05, 0.1) is 7.11 Å². The van der Waals surface area contributed by atoms with Gasteiger partial charge in [-0.3, -0.25) is 0 Å². The summed E-state index contributed by atoms with van der Waals surface area (Å²) < 4.78 is 5.35. The smallest absolute Gasteiger partial charge is 0.119 e. The minimum absolute atomic E-state index is 0.00333. The highest BCUT2D eigenvalue weighted by molar-refractivity contribution is 7.09. The second-order valence-electron chi connectivity index (χ2n) is 5.73. The second kappa shape index (κ2) is 6.18. The van der Waals surface area contributed by atoms with E-state index in [4.69, 9.17) is 10.5 Å². The second-order valence-corrected chi connectivity index (χ2v) is 6.76. The predicted molar refractivity (Wildman–Crippen MR) is 88.0 cm³/mol. The summed E-state index contributed by atoms with van der Waals surface area (Å²) in [5.41, 5.74) is 8.91. The van der Waals surface area contributed by atoms with Gasteiger partial charge in [0.25, 0.3) is 0 Å². The molecular formula is C17H22N2OS. The average molecular weight is 302 g/mol. The van der Waals surface area contributed by atoms with Gasteiger partial charge in [0.15, 0.2) is 0 Å². The summed E-state index contributed by atoms with van der Waals surface area (Å²) in [6.07, 6.45) is 3.14. The maximum atomic E-state index is 6.12.